The molecule has 0 spiro atoms. The number of benzene rings is 3. The molecule has 30 heavy (non-hydrogen) atoms. The average Bonchev–Trinajstić information content (AvgIpc) is 2.81. The molecule has 158 valence electrons. The monoisotopic (exact) mass is 407 g/mol. The Hall–Kier alpha value is -2.50. The summed E-state index contributed by atoms with van der Waals surface area (Å²) in [5.41, 5.74) is 2.86. The van der Waals surface area contributed by atoms with Gasteiger partial charge in [0.05, 0.1) is 27.4 Å². The number of ether oxygens (including phenoxy) is 4. The van der Waals surface area contributed by atoms with Crippen molar-refractivity contribution >= 4 is 21.5 Å². The van der Waals surface area contributed by atoms with Crippen molar-refractivity contribution in [2.45, 2.75) is 38.0 Å². The summed E-state index contributed by atoms with van der Waals surface area (Å²) in [7, 11) is 6.95. The lowest BCUT2D eigenvalue weighted by Crippen LogP contribution is -2.48. The zero-order valence-corrected chi connectivity index (χ0v) is 18.2. The molecule has 3 aromatic rings. The largest absolute Gasteiger partial charge is 0.497 e. The molecular weight excluding hydrogens is 378 g/mol. The van der Waals surface area contributed by atoms with Gasteiger partial charge in [-0.2, -0.15) is 0 Å². The molecule has 0 aromatic heterocycles. The van der Waals surface area contributed by atoms with Gasteiger partial charge in [-0.05, 0) is 76.2 Å². The van der Waals surface area contributed by atoms with E-state index in [4.69, 9.17) is 18.9 Å². The van der Waals surface area contributed by atoms with E-state index in [2.05, 4.69) is 35.2 Å². The fourth-order valence-corrected chi connectivity index (χ4v) is 5.36. The summed E-state index contributed by atoms with van der Waals surface area (Å²) in [5, 5.41) is 4.95. The molecule has 0 N–H and O–H groups in total. The van der Waals surface area contributed by atoms with E-state index in [9.17, 15) is 0 Å². The second-order valence-corrected chi connectivity index (χ2v) is 8.33. The number of piperidine rings is 1. The van der Waals surface area contributed by atoms with E-state index in [1.807, 2.05) is 7.11 Å². The Morgan fingerprint density at radius 3 is 2.23 bits per heavy atom. The van der Waals surface area contributed by atoms with Crippen LogP contribution in [0.3, 0.4) is 0 Å². The van der Waals surface area contributed by atoms with Crippen LogP contribution in [0.4, 0.5) is 0 Å². The molecule has 0 bridgehead atoms. The molecule has 0 radical (unpaired) electrons. The molecular formula is C25H29NO4. The predicted molar refractivity (Wildman–Crippen MR) is 119 cm³/mol. The molecule has 1 fully saturated rings. The fraction of sp³-hybridized carbons (Fsp3) is 0.440. The Morgan fingerprint density at radius 2 is 1.53 bits per heavy atom. The molecule has 2 aliphatic rings. The highest BCUT2D eigenvalue weighted by Crippen LogP contribution is 2.44. The highest BCUT2D eigenvalue weighted by Gasteiger charge is 2.34. The highest BCUT2D eigenvalue weighted by molar-refractivity contribution is 6.12. The molecule has 3 aromatic carbocycles. The lowest BCUT2D eigenvalue weighted by atomic mass is 9.82. The molecule has 2 heterocycles. The zero-order valence-electron chi connectivity index (χ0n) is 18.2. The number of nitrogens with zero attached hydrogens (tertiary/aromatic N) is 1. The first-order valence-corrected chi connectivity index (χ1v) is 10.6. The summed E-state index contributed by atoms with van der Waals surface area (Å²) in [5.74, 6) is 2.40. The van der Waals surface area contributed by atoms with Crippen LogP contribution in [0.2, 0.25) is 0 Å². The van der Waals surface area contributed by atoms with Gasteiger partial charge in [0, 0.05) is 26.2 Å². The summed E-state index contributed by atoms with van der Waals surface area (Å²) in [6, 6.07) is 11.2. The van der Waals surface area contributed by atoms with Crippen LogP contribution in [-0.2, 0) is 17.7 Å². The highest BCUT2D eigenvalue weighted by atomic mass is 16.5. The average molecular weight is 408 g/mol. The first-order valence-electron chi connectivity index (χ1n) is 10.6. The van der Waals surface area contributed by atoms with Crippen molar-refractivity contribution < 1.29 is 18.9 Å². The van der Waals surface area contributed by atoms with E-state index >= 15 is 0 Å². The van der Waals surface area contributed by atoms with Gasteiger partial charge in [-0.1, -0.05) is 6.07 Å². The maximum Gasteiger partial charge on any atom is 0.161 e. The smallest absolute Gasteiger partial charge is 0.161 e. The van der Waals surface area contributed by atoms with Crippen molar-refractivity contribution in [2.75, 3.05) is 35.0 Å². The van der Waals surface area contributed by atoms with Crippen LogP contribution < -0.4 is 14.2 Å². The summed E-state index contributed by atoms with van der Waals surface area (Å²) < 4.78 is 22.5. The minimum absolute atomic E-state index is 0.360. The van der Waals surface area contributed by atoms with Gasteiger partial charge in [0.25, 0.3) is 0 Å². The summed E-state index contributed by atoms with van der Waals surface area (Å²) in [6.45, 7) is 2.06. The normalized spacial score (nSPS) is 21.3. The second kappa shape index (κ2) is 7.64. The minimum Gasteiger partial charge on any atom is -0.497 e. The Kier molecular flexibility index (Phi) is 4.95. The van der Waals surface area contributed by atoms with Crippen LogP contribution in [0.15, 0.2) is 30.3 Å². The number of methoxy groups -OCH3 is 4. The molecule has 2 atom stereocenters. The quantitative estimate of drug-likeness (QED) is 0.593. The molecule has 2 aliphatic heterocycles. The SMILES string of the molecule is COc1ccc2c3c(c4cc(OC)c(OC)cc4c2c1)C[C@H]1C[C@H](OC)CCN1C3. The molecule has 5 nitrogen and oxygen atoms in total. The van der Waals surface area contributed by atoms with Crippen LogP contribution in [-0.4, -0.2) is 52.0 Å². The lowest BCUT2D eigenvalue weighted by molar-refractivity contribution is 0.00414. The maximum atomic E-state index is 5.70. The van der Waals surface area contributed by atoms with E-state index in [-0.39, 0.29) is 0 Å². The van der Waals surface area contributed by atoms with E-state index in [0.29, 0.717) is 12.1 Å². The van der Waals surface area contributed by atoms with Gasteiger partial charge < -0.3 is 18.9 Å². The van der Waals surface area contributed by atoms with E-state index in [1.165, 1.54) is 32.7 Å². The second-order valence-electron chi connectivity index (χ2n) is 8.33. The summed E-state index contributed by atoms with van der Waals surface area (Å²) in [6.07, 6.45) is 3.58. The third-order valence-corrected chi connectivity index (χ3v) is 6.98. The van der Waals surface area contributed by atoms with Crippen molar-refractivity contribution in [3.8, 4) is 17.2 Å². The molecule has 5 rings (SSSR count). The van der Waals surface area contributed by atoms with Gasteiger partial charge in [0.2, 0.25) is 0 Å². The number of fused-ring (bicyclic) bond motifs is 7. The first kappa shape index (κ1) is 19.5. The molecule has 1 saturated heterocycles. The van der Waals surface area contributed by atoms with E-state index < -0.39 is 0 Å². The third kappa shape index (κ3) is 2.99. The Bertz CT molecular complexity index is 1110. The molecule has 0 amide bonds. The maximum absolute atomic E-state index is 5.70. The molecule has 0 saturated carbocycles. The fourth-order valence-electron chi connectivity index (χ4n) is 5.36. The van der Waals surface area contributed by atoms with Crippen molar-refractivity contribution in [3.05, 3.63) is 41.5 Å². The third-order valence-electron chi connectivity index (χ3n) is 6.98. The Labute approximate surface area is 177 Å². The van der Waals surface area contributed by atoms with Gasteiger partial charge >= 0.3 is 0 Å². The Morgan fingerprint density at radius 1 is 0.800 bits per heavy atom. The van der Waals surface area contributed by atoms with Crippen LogP contribution in [0.1, 0.15) is 24.0 Å². The zero-order chi connectivity index (χ0) is 20.8. The van der Waals surface area contributed by atoms with Crippen molar-refractivity contribution in [1.82, 2.24) is 4.90 Å². The van der Waals surface area contributed by atoms with Crippen molar-refractivity contribution in [2.24, 2.45) is 0 Å². The standard InChI is InChI=1S/C25H29NO4/c1-27-16-5-6-18-20(11-16)22-13-25(30-4)24(29-3)12-21(22)19-10-15-9-17(28-2)7-8-26(15)14-23(18)19/h5-6,11-13,15,17H,7-10,14H2,1-4H3/t15-,17-/m1/s1. The molecule has 0 aliphatic carbocycles. The number of hydrogen-bond acceptors (Lipinski definition) is 5. The van der Waals surface area contributed by atoms with Crippen LogP contribution in [0.25, 0.3) is 21.5 Å². The van der Waals surface area contributed by atoms with Crippen LogP contribution in [0, 0.1) is 0 Å². The van der Waals surface area contributed by atoms with E-state index in [1.54, 1.807) is 21.3 Å². The molecule has 0 unspecified atom stereocenters. The van der Waals surface area contributed by atoms with Gasteiger partial charge in [0.15, 0.2) is 11.5 Å². The van der Waals surface area contributed by atoms with Crippen molar-refractivity contribution in [1.29, 1.82) is 0 Å². The number of rotatable bonds is 4. The Balaban J connectivity index is 1.78. The van der Waals surface area contributed by atoms with Gasteiger partial charge in [-0.25, -0.2) is 0 Å². The first-order chi connectivity index (χ1) is 14.7. The van der Waals surface area contributed by atoms with Crippen molar-refractivity contribution in [3.63, 3.8) is 0 Å². The van der Waals surface area contributed by atoms with Crippen LogP contribution in [0.5, 0.6) is 17.2 Å². The lowest BCUT2D eigenvalue weighted by Gasteiger charge is -2.43. The van der Waals surface area contributed by atoms with E-state index in [0.717, 1.165) is 49.6 Å². The summed E-state index contributed by atoms with van der Waals surface area (Å²) in [4.78, 5) is 2.63. The predicted octanol–water partition coefficient (Wildman–Crippen LogP) is 4.55. The van der Waals surface area contributed by atoms with Crippen LogP contribution >= 0.6 is 0 Å². The van der Waals surface area contributed by atoms with Gasteiger partial charge in [0.1, 0.15) is 5.75 Å². The topological polar surface area (TPSA) is 40.2 Å². The number of hydrogen-bond donors (Lipinski definition) is 0. The van der Waals surface area contributed by atoms with Gasteiger partial charge in [-0.15, -0.1) is 0 Å². The van der Waals surface area contributed by atoms with Gasteiger partial charge in [-0.3, -0.25) is 4.90 Å². The molecule has 5 heteroatoms. The summed E-state index contributed by atoms with van der Waals surface area (Å²) >= 11 is 0. The minimum atomic E-state index is 0.360.